The Kier molecular flexibility index (Phi) is 8.40. The second-order valence-electron chi connectivity index (χ2n) is 3.14. The average Bonchev–Trinajstić information content (AvgIpc) is 2.14. The minimum absolute atomic E-state index is 0.264. The monoisotopic (exact) mass is 189 g/mol. The van der Waals surface area contributed by atoms with Gasteiger partial charge in [0.1, 0.15) is 0 Å². The molecule has 13 heavy (non-hydrogen) atoms. The van der Waals surface area contributed by atoms with Crippen molar-refractivity contribution < 1.29 is 9.47 Å². The summed E-state index contributed by atoms with van der Waals surface area (Å²) in [6, 6.07) is 0.460. The number of rotatable bonds is 8. The zero-order valence-electron chi connectivity index (χ0n) is 9.30. The topological polar surface area (TPSA) is 30.5 Å². The molecule has 0 fully saturated rings. The van der Waals surface area contributed by atoms with E-state index in [0.29, 0.717) is 19.3 Å². The van der Waals surface area contributed by atoms with Crippen LogP contribution in [0.25, 0.3) is 0 Å². The van der Waals surface area contributed by atoms with Gasteiger partial charge < -0.3 is 14.8 Å². The standard InChI is InChI=1S/C10H23NO2/c1-5-10(11-6-2)9(3)13-8-7-12-4/h9-11H,5-8H2,1-4H3. The zero-order valence-corrected chi connectivity index (χ0v) is 9.30. The summed E-state index contributed by atoms with van der Waals surface area (Å²) in [5.74, 6) is 0. The molecule has 0 aliphatic heterocycles. The van der Waals surface area contributed by atoms with Gasteiger partial charge in [-0.05, 0) is 19.9 Å². The third kappa shape index (κ3) is 6.02. The lowest BCUT2D eigenvalue weighted by atomic mass is 10.1. The van der Waals surface area contributed by atoms with Crippen LogP contribution >= 0.6 is 0 Å². The highest BCUT2D eigenvalue weighted by Gasteiger charge is 2.13. The third-order valence-electron chi connectivity index (χ3n) is 2.14. The van der Waals surface area contributed by atoms with E-state index in [1.807, 2.05) is 0 Å². The third-order valence-corrected chi connectivity index (χ3v) is 2.14. The number of nitrogens with one attached hydrogen (secondary N) is 1. The van der Waals surface area contributed by atoms with E-state index in [4.69, 9.17) is 9.47 Å². The molecule has 0 aromatic heterocycles. The number of hydrogen-bond acceptors (Lipinski definition) is 3. The lowest BCUT2D eigenvalue weighted by Gasteiger charge is -2.23. The number of likely N-dealkylation sites (N-methyl/N-ethyl adjacent to an activating group) is 1. The van der Waals surface area contributed by atoms with Gasteiger partial charge in [-0.15, -0.1) is 0 Å². The fourth-order valence-electron chi connectivity index (χ4n) is 1.34. The quantitative estimate of drug-likeness (QED) is 0.586. The first-order chi connectivity index (χ1) is 6.26. The van der Waals surface area contributed by atoms with Crippen LogP contribution in [0.2, 0.25) is 0 Å². The predicted octanol–water partition coefficient (Wildman–Crippen LogP) is 1.43. The van der Waals surface area contributed by atoms with Crippen LogP contribution in [0.5, 0.6) is 0 Å². The minimum atomic E-state index is 0.264. The van der Waals surface area contributed by atoms with E-state index >= 15 is 0 Å². The minimum Gasteiger partial charge on any atom is -0.382 e. The van der Waals surface area contributed by atoms with Crippen molar-refractivity contribution in [2.24, 2.45) is 0 Å². The Morgan fingerprint density at radius 2 is 1.92 bits per heavy atom. The van der Waals surface area contributed by atoms with Gasteiger partial charge in [0.05, 0.1) is 19.3 Å². The first kappa shape index (κ1) is 12.9. The molecule has 0 saturated carbocycles. The Bertz CT molecular complexity index is 109. The molecule has 0 bridgehead atoms. The van der Waals surface area contributed by atoms with Crippen LogP contribution in [0.1, 0.15) is 27.2 Å². The molecule has 0 aliphatic rings. The van der Waals surface area contributed by atoms with E-state index in [1.165, 1.54) is 0 Å². The van der Waals surface area contributed by atoms with Crippen LogP contribution in [0.4, 0.5) is 0 Å². The fraction of sp³-hybridized carbons (Fsp3) is 1.00. The van der Waals surface area contributed by atoms with Crippen LogP contribution < -0.4 is 5.32 Å². The lowest BCUT2D eigenvalue weighted by Crippen LogP contribution is -2.39. The van der Waals surface area contributed by atoms with Gasteiger partial charge in [-0.2, -0.15) is 0 Å². The second kappa shape index (κ2) is 8.48. The molecule has 0 radical (unpaired) electrons. The summed E-state index contributed by atoms with van der Waals surface area (Å²) in [5.41, 5.74) is 0. The Labute approximate surface area is 81.8 Å². The molecule has 80 valence electrons. The van der Waals surface area contributed by atoms with Crippen molar-refractivity contribution in [1.82, 2.24) is 5.32 Å². The van der Waals surface area contributed by atoms with E-state index in [-0.39, 0.29) is 6.10 Å². The van der Waals surface area contributed by atoms with E-state index < -0.39 is 0 Å². The van der Waals surface area contributed by atoms with Gasteiger partial charge in [0.15, 0.2) is 0 Å². The lowest BCUT2D eigenvalue weighted by molar-refractivity contribution is 0.00740. The Balaban J connectivity index is 3.57. The summed E-state index contributed by atoms with van der Waals surface area (Å²) >= 11 is 0. The molecule has 2 atom stereocenters. The molecule has 0 heterocycles. The van der Waals surface area contributed by atoms with Crippen LogP contribution in [-0.2, 0) is 9.47 Å². The summed E-state index contributed by atoms with van der Waals surface area (Å²) in [6.07, 6.45) is 1.36. The van der Waals surface area contributed by atoms with Crippen molar-refractivity contribution in [2.45, 2.75) is 39.3 Å². The highest BCUT2D eigenvalue weighted by molar-refractivity contribution is 4.71. The molecule has 0 rings (SSSR count). The second-order valence-corrected chi connectivity index (χ2v) is 3.14. The smallest absolute Gasteiger partial charge is 0.0704 e. The molecule has 3 nitrogen and oxygen atoms in total. The number of methoxy groups -OCH3 is 1. The van der Waals surface area contributed by atoms with Gasteiger partial charge >= 0.3 is 0 Å². The molecule has 1 N–H and O–H groups in total. The van der Waals surface area contributed by atoms with E-state index in [2.05, 4.69) is 26.1 Å². The molecule has 3 heteroatoms. The fourth-order valence-corrected chi connectivity index (χ4v) is 1.34. The predicted molar refractivity (Wildman–Crippen MR) is 55.0 cm³/mol. The van der Waals surface area contributed by atoms with Crippen molar-refractivity contribution in [1.29, 1.82) is 0 Å². The molecule has 0 spiro atoms. The summed E-state index contributed by atoms with van der Waals surface area (Å²) in [5, 5.41) is 3.39. The first-order valence-corrected chi connectivity index (χ1v) is 5.10. The molecule has 2 unspecified atom stereocenters. The van der Waals surface area contributed by atoms with Gasteiger partial charge in [-0.25, -0.2) is 0 Å². The van der Waals surface area contributed by atoms with Crippen LogP contribution in [0, 0.1) is 0 Å². The number of hydrogen-bond donors (Lipinski definition) is 1. The Morgan fingerprint density at radius 1 is 1.23 bits per heavy atom. The maximum absolute atomic E-state index is 5.60. The van der Waals surface area contributed by atoms with Crippen molar-refractivity contribution >= 4 is 0 Å². The molecular weight excluding hydrogens is 166 g/mol. The highest BCUT2D eigenvalue weighted by atomic mass is 16.5. The maximum atomic E-state index is 5.60. The number of ether oxygens (including phenoxy) is 2. The zero-order chi connectivity index (χ0) is 10.1. The SMILES string of the molecule is CCNC(CC)C(C)OCCOC. The normalized spacial score (nSPS) is 15.7. The van der Waals surface area contributed by atoms with Crippen LogP contribution in [-0.4, -0.2) is 39.0 Å². The van der Waals surface area contributed by atoms with Gasteiger partial charge in [0.25, 0.3) is 0 Å². The maximum Gasteiger partial charge on any atom is 0.0704 e. The van der Waals surface area contributed by atoms with Crippen molar-refractivity contribution in [3.63, 3.8) is 0 Å². The van der Waals surface area contributed by atoms with E-state index in [0.717, 1.165) is 13.0 Å². The molecular formula is C10H23NO2. The summed E-state index contributed by atoms with van der Waals surface area (Å²) in [7, 11) is 1.69. The molecule has 0 aliphatic carbocycles. The average molecular weight is 189 g/mol. The Morgan fingerprint density at radius 3 is 2.38 bits per heavy atom. The largest absolute Gasteiger partial charge is 0.382 e. The van der Waals surface area contributed by atoms with Crippen molar-refractivity contribution in [2.75, 3.05) is 26.9 Å². The summed E-state index contributed by atoms with van der Waals surface area (Å²) < 4.78 is 10.5. The Hall–Kier alpha value is -0.120. The molecule has 0 aromatic carbocycles. The molecule has 0 saturated heterocycles. The van der Waals surface area contributed by atoms with Crippen LogP contribution in [0.3, 0.4) is 0 Å². The van der Waals surface area contributed by atoms with Crippen LogP contribution in [0.15, 0.2) is 0 Å². The van der Waals surface area contributed by atoms with Gasteiger partial charge in [0.2, 0.25) is 0 Å². The van der Waals surface area contributed by atoms with E-state index in [9.17, 15) is 0 Å². The van der Waals surface area contributed by atoms with E-state index in [1.54, 1.807) is 7.11 Å². The summed E-state index contributed by atoms with van der Waals surface area (Å²) in [6.45, 7) is 8.74. The van der Waals surface area contributed by atoms with Crippen molar-refractivity contribution in [3.05, 3.63) is 0 Å². The van der Waals surface area contributed by atoms with Gasteiger partial charge in [-0.1, -0.05) is 13.8 Å². The molecule has 0 aromatic rings. The summed E-state index contributed by atoms with van der Waals surface area (Å²) in [4.78, 5) is 0. The van der Waals surface area contributed by atoms with Gasteiger partial charge in [-0.3, -0.25) is 0 Å². The highest BCUT2D eigenvalue weighted by Crippen LogP contribution is 2.02. The van der Waals surface area contributed by atoms with Gasteiger partial charge in [0, 0.05) is 13.2 Å². The first-order valence-electron chi connectivity index (χ1n) is 5.10. The van der Waals surface area contributed by atoms with Crippen molar-refractivity contribution in [3.8, 4) is 0 Å². The molecule has 0 amide bonds.